The van der Waals surface area contributed by atoms with E-state index in [4.69, 9.17) is 10.5 Å². The van der Waals surface area contributed by atoms with Crippen LogP contribution >= 0.6 is 0 Å². The molecule has 2 rings (SSSR count). The lowest BCUT2D eigenvalue weighted by atomic mass is 10.0. The van der Waals surface area contributed by atoms with Crippen molar-refractivity contribution in [2.24, 2.45) is 5.73 Å². The van der Waals surface area contributed by atoms with Crippen LogP contribution in [0.3, 0.4) is 0 Å². The highest BCUT2D eigenvalue weighted by atomic mass is 32.2. The molecule has 2 aromatic carbocycles. The molecule has 2 aromatic rings. The van der Waals surface area contributed by atoms with Gasteiger partial charge >= 0.3 is 0 Å². The average molecular weight is 394 g/mol. The van der Waals surface area contributed by atoms with Crippen molar-refractivity contribution in [2.75, 3.05) is 20.2 Å². The maximum atomic E-state index is 11.0. The van der Waals surface area contributed by atoms with E-state index in [0.717, 1.165) is 11.3 Å². The zero-order chi connectivity index (χ0) is 20.1. The third kappa shape index (κ3) is 9.65. The topological polar surface area (TPSA) is 98.9 Å². The molecular formula is C20H29N2O4S-. The van der Waals surface area contributed by atoms with Crippen LogP contribution in [-0.4, -0.2) is 50.5 Å². The minimum absolute atomic E-state index is 0.0396. The lowest BCUT2D eigenvalue weighted by Crippen LogP contribution is -2.45. The fourth-order valence-corrected chi connectivity index (χ4v) is 3.01. The number of ether oxygens (including phenoxy) is 1. The van der Waals surface area contributed by atoms with Gasteiger partial charge < -0.3 is 20.1 Å². The molecule has 27 heavy (non-hydrogen) atoms. The lowest BCUT2D eigenvalue weighted by molar-refractivity contribution is 0.118. The van der Waals surface area contributed by atoms with Crippen LogP contribution in [0.4, 0.5) is 0 Å². The number of hydrogen-bond donors (Lipinski definition) is 2. The maximum absolute atomic E-state index is 11.0. The molecule has 7 heteroatoms. The van der Waals surface area contributed by atoms with Crippen molar-refractivity contribution < 1.29 is 18.6 Å². The molecule has 0 bridgehead atoms. The van der Waals surface area contributed by atoms with Gasteiger partial charge in [0.1, 0.15) is 5.75 Å². The van der Waals surface area contributed by atoms with Crippen molar-refractivity contribution in [1.82, 2.24) is 4.31 Å². The molecule has 0 saturated heterocycles. The second-order valence-electron chi connectivity index (χ2n) is 6.04. The molecule has 0 aliphatic carbocycles. The second-order valence-corrected chi connectivity index (χ2v) is 6.99. The molecule has 3 N–H and O–H groups in total. The Morgan fingerprint density at radius 1 is 1.15 bits per heavy atom. The van der Waals surface area contributed by atoms with Gasteiger partial charge in [-0.15, -0.1) is 0 Å². The molecule has 0 aromatic heterocycles. The molecule has 3 atom stereocenters. The predicted octanol–water partition coefficient (Wildman–Crippen LogP) is 2.12. The van der Waals surface area contributed by atoms with Gasteiger partial charge in [-0.25, -0.2) is 4.31 Å². The number of aliphatic hydroxyl groups excluding tert-OH is 1. The van der Waals surface area contributed by atoms with E-state index < -0.39 is 23.4 Å². The highest BCUT2D eigenvalue weighted by Crippen LogP contribution is 2.07. The van der Waals surface area contributed by atoms with Gasteiger partial charge in [0.15, 0.2) is 0 Å². The summed E-state index contributed by atoms with van der Waals surface area (Å²) in [7, 11) is 1.66. The van der Waals surface area contributed by atoms with Gasteiger partial charge in [-0.2, -0.15) is 0 Å². The minimum atomic E-state index is -2.32. The Hall–Kier alpha value is -1.77. The molecule has 0 aliphatic heterocycles. The molecule has 150 valence electrons. The Labute approximate surface area is 164 Å². The number of rotatable bonds is 9. The number of benzene rings is 2. The number of nitrogens with zero attached hydrogens (tertiary/aromatic N) is 1. The van der Waals surface area contributed by atoms with E-state index in [1.165, 1.54) is 4.31 Å². The number of nitrogens with two attached hydrogens (primary N) is 1. The average Bonchev–Trinajstić information content (AvgIpc) is 2.69. The van der Waals surface area contributed by atoms with Gasteiger partial charge in [-0.3, -0.25) is 4.21 Å². The van der Waals surface area contributed by atoms with Crippen LogP contribution in [0.25, 0.3) is 0 Å². The van der Waals surface area contributed by atoms with E-state index in [2.05, 4.69) is 0 Å². The third-order valence-electron chi connectivity index (χ3n) is 3.86. The summed E-state index contributed by atoms with van der Waals surface area (Å²) in [5.74, 6) is 0.910. The number of para-hydroxylation sites is 1. The van der Waals surface area contributed by atoms with Crippen molar-refractivity contribution in [2.45, 2.75) is 31.9 Å². The summed E-state index contributed by atoms with van der Waals surface area (Å²) in [6.07, 6.45) is 0.354. The van der Waals surface area contributed by atoms with Crippen molar-refractivity contribution in [3.63, 3.8) is 0 Å². The molecule has 0 spiro atoms. The first kappa shape index (κ1) is 23.3. The summed E-state index contributed by atoms with van der Waals surface area (Å²) in [6, 6.07) is 18.8. The summed E-state index contributed by atoms with van der Waals surface area (Å²) in [5.41, 5.74) is 6.94. The molecule has 0 amide bonds. The largest absolute Gasteiger partial charge is 0.760 e. The molecule has 0 heterocycles. The lowest BCUT2D eigenvalue weighted by Gasteiger charge is -2.28. The van der Waals surface area contributed by atoms with Crippen molar-refractivity contribution in [3.8, 4) is 5.75 Å². The predicted molar refractivity (Wildman–Crippen MR) is 108 cm³/mol. The van der Waals surface area contributed by atoms with Crippen molar-refractivity contribution in [1.29, 1.82) is 0 Å². The zero-order valence-corrected chi connectivity index (χ0v) is 16.7. The Morgan fingerprint density at radius 3 is 2.15 bits per heavy atom. The van der Waals surface area contributed by atoms with Gasteiger partial charge in [0.25, 0.3) is 0 Å². The van der Waals surface area contributed by atoms with E-state index in [9.17, 15) is 13.9 Å². The van der Waals surface area contributed by atoms with Gasteiger partial charge in [0, 0.05) is 30.4 Å². The third-order valence-corrected chi connectivity index (χ3v) is 4.62. The number of methoxy groups -OCH3 is 1. The Bertz CT molecular complexity index is 643. The highest BCUT2D eigenvalue weighted by molar-refractivity contribution is 7.76. The first-order valence-electron chi connectivity index (χ1n) is 8.88. The SMILES string of the molecule is CCCN(C[C@@H](O)[C@@H](N)Cc1ccccc1)S(=O)[O-].COc1ccccc1. The van der Waals surface area contributed by atoms with Crippen LogP contribution in [0.5, 0.6) is 5.75 Å². The van der Waals surface area contributed by atoms with Crippen LogP contribution in [0.15, 0.2) is 60.7 Å². The Balaban J connectivity index is 0.000000377. The quantitative estimate of drug-likeness (QED) is 0.636. The van der Waals surface area contributed by atoms with Gasteiger partial charge in [0.05, 0.1) is 13.2 Å². The maximum Gasteiger partial charge on any atom is 0.118 e. The highest BCUT2D eigenvalue weighted by Gasteiger charge is 2.19. The van der Waals surface area contributed by atoms with Crippen LogP contribution in [-0.2, 0) is 17.7 Å². The summed E-state index contributed by atoms with van der Waals surface area (Å²) >= 11 is -2.32. The normalized spacial score (nSPS) is 14.0. The first-order valence-corrected chi connectivity index (χ1v) is 9.92. The molecule has 0 aliphatic rings. The molecule has 0 radical (unpaired) electrons. The van der Waals surface area contributed by atoms with Crippen LogP contribution in [0, 0.1) is 0 Å². The Morgan fingerprint density at radius 2 is 1.70 bits per heavy atom. The minimum Gasteiger partial charge on any atom is -0.760 e. The van der Waals surface area contributed by atoms with Crippen LogP contribution in [0.1, 0.15) is 18.9 Å². The van der Waals surface area contributed by atoms with Gasteiger partial charge in [-0.05, 0) is 30.5 Å². The van der Waals surface area contributed by atoms with Crippen molar-refractivity contribution >= 4 is 11.3 Å². The van der Waals surface area contributed by atoms with E-state index in [1.54, 1.807) is 7.11 Å². The monoisotopic (exact) mass is 393 g/mol. The van der Waals surface area contributed by atoms with Crippen LogP contribution in [0.2, 0.25) is 0 Å². The van der Waals surface area contributed by atoms with Crippen molar-refractivity contribution in [3.05, 3.63) is 66.2 Å². The van der Waals surface area contributed by atoms with E-state index >= 15 is 0 Å². The van der Waals surface area contributed by atoms with E-state index in [1.807, 2.05) is 67.6 Å². The zero-order valence-electron chi connectivity index (χ0n) is 15.9. The number of hydrogen-bond acceptors (Lipinski definition) is 5. The van der Waals surface area contributed by atoms with E-state index in [-0.39, 0.29) is 6.54 Å². The van der Waals surface area contributed by atoms with Crippen LogP contribution < -0.4 is 10.5 Å². The fourth-order valence-electron chi connectivity index (χ4n) is 2.40. The molecule has 0 saturated carbocycles. The smallest absolute Gasteiger partial charge is 0.118 e. The molecule has 0 fully saturated rings. The molecule has 6 nitrogen and oxygen atoms in total. The molecule has 1 unspecified atom stereocenters. The van der Waals surface area contributed by atoms with Gasteiger partial charge in [0.2, 0.25) is 0 Å². The summed E-state index contributed by atoms with van der Waals surface area (Å²) in [5, 5.41) is 9.98. The second kappa shape index (κ2) is 13.4. The standard InChI is InChI=1S/C13H22N2O3S.C7H8O/c1-2-8-15(19(17)18)10-13(16)12(14)9-11-6-4-3-5-7-11;1-8-7-5-3-2-4-6-7/h3-7,12-13,16H,2,8-10,14H2,1H3,(H,17,18);2-6H,1H3/p-1/t12-,13+;/m0./s1. The summed E-state index contributed by atoms with van der Waals surface area (Å²) in [4.78, 5) is 0. The fraction of sp³-hybridized carbons (Fsp3) is 0.400. The summed E-state index contributed by atoms with van der Waals surface area (Å²) in [6.45, 7) is 2.32. The van der Waals surface area contributed by atoms with E-state index in [0.29, 0.717) is 19.4 Å². The summed E-state index contributed by atoms with van der Waals surface area (Å²) < 4.78 is 28.1. The molecular weight excluding hydrogens is 364 g/mol. The first-order chi connectivity index (χ1) is 13.0. The number of aliphatic hydroxyl groups is 1. The Kier molecular flexibility index (Phi) is 11.6. The van der Waals surface area contributed by atoms with Gasteiger partial charge in [-0.1, -0.05) is 55.5 Å².